The van der Waals surface area contributed by atoms with E-state index < -0.39 is 15.7 Å². The number of hydrogen-bond acceptors (Lipinski definition) is 6. The highest BCUT2D eigenvalue weighted by atomic mass is 35.5. The first-order valence-corrected chi connectivity index (χ1v) is 14.4. The molecule has 10 heteroatoms. The second-order valence-electron chi connectivity index (χ2n) is 9.33. The molecular weight excluding hydrogens is 514 g/mol. The number of aromatic nitrogens is 1. The van der Waals surface area contributed by atoms with E-state index in [1.54, 1.807) is 35.6 Å². The Hall–Kier alpha value is -2.98. The number of morpholine rings is 1. The van der Waals surface area contributed by atoms with Gasteiger partial charge in [0.25, 0.3) is 5.91 Å². The van der Waals surface area contributed by atoms with E-state index in [1.807, 2.05) is 18.2 Å². The third kappa shape index (κ3) is 5.50. The van der Waals surface area contributed by atoms with Gasteiger partial charge in [0, 0.05) is 59.6 Å². The Morgan fingerprint density at radius 2 is 1.81 bits per heavy atom. The first-order valence-electron chi connectivity index (χ1n) is 12.2. The van der Waals surface area contributed by atoms with E-state index in [0.717, 1.165) is 29.6 Å². The van der Waals surface area contributed by atoms with E-state index in [9.17, 15) is 18.0 Å². The minimum atomic E-state index is -3.34. The van der Waals surface area contributed by atoms with Crippen LogP contribution >= 0.6 is 11.6 Å². The van der Waals surface area contributed by atoms with Crippen molar-refractivity contribution >= 4 is 43.6 Å². The Morgan fingerprint density at radius 3 is 2.51 bits per heavy atom. The molecule has 2 aromatic carbocycles. The summed E-state index contributed by atoms with van der Waals surface area (Å²) in [5.74, 6) is -0.697. The van der Waals surface area contributed by atoms with Gasteiger partial charge < -0.3 is 14.5 Å². The van der Waals surface area contributed by atoms with E-state index >= 15 is 0 Å². The summed E-state index contributed by atoms with van der Waals surface area (Å²) in [6, 6.07) is 12.7. The lowest BCUT2D eigenvalue weighted by Crippen LogP contribution is -2.35. The number of carbonyl (C=O) groups is 1. The SMILES string of the molecule is CCS(=O)(=O)Cc1cc2cc(CN3CCOCC3)cc3c(=O)c(C(=O)NCc4ccc(Cl)cc4)cn1c23. The molecule has 1 N–H and O–H groups in total. The lowest BCUT2D eigenvalue weighted by molar-refractivity contribution is 0.0342. The number of sulfone groups is 1. The van der Waals surface area contributed by atoms with Crippen molar-refractivity contribution in [3.8, 4) is 0 Å². The standard InChI is InChI=1S/C27H28ClN3O5S/c1-2-37(34,35)17-22-13-20-11-19(15-30-7-9-36-10-8-30)12-23-25(20)31(22)16-24(26(23)32)27(33)29-14-18-3-5-21(28)6-4-18/h3-6,11-13,16H,2,7-10,14-15,17H2,1H3,(H,29,33). The molecular formula is C27H28ClN3O5S. The third-order valence-electron chi connectivity index (χ3n) is 6.75. The number of amides is 1. The zero-order chi connectivity index (χ0) is 26.2. The average molecular weight is 542 g/mol. The van der Waals surface area contributed by atoms with Gasteiger partial charge in [-0.2, -0.15) is 0 Å². The molecule has 0 radical (unpaired) electrons. The lowest BCUT2D eigenvalue weighted by atomic mass is 10.0. The Kier molecular flexibility index (Phi) is 7.22. The average Bonchev–Trinajstić information content (AvgIpc) is 3.22. The number of pyridine rings is 1. The molecule has 0 spiro atoms. The van der Waals surface area contributed by atoms with Crippen LogP contribution < -0.4 is 10.7 Å². The number of halogens is 1. The molecule has 0 saturated carbocycles. The number of benzene rings is 2. The minimum absolute atomic E-state index is 0.000738. The highest BCUT2D eigenvalue weighted by Gasteiger charge is 2.22. The number of carbonyl (C=O) groups excluding carboxylic acids is 1. The van der Waals surface area contributed by atoms with E-state index in [1.165, 1.54) is 6.20 Å². The predicted octanol–water partition coefficient (Wildman–Crippen LogP) is 3.24. The fraction of sp³-hybridized carbons (Fsp3) is 0.333. The van der Waals surface area contributed by atoms with Crippen molar-refractivity contribution in [2.45, 2.75) is 25.8 Å². The largest absolute Gasteiger partial charge is 0.379 e. The highest BCUT2D eigenvalue weighted by molar-refractivity contribution is 7.90. The van der Waals surface area contributed by atoms with Crippen LogP contribution in [0.1, 0.15) is 34.1 Å². The van der Waals surface area contributed by atoms with E-state index in [2.05, 4.69) is 10.2 Å². The quantitative estimate of drug-likeness (QED) is 0.368. The van der Waals surface area contributed by atoms with Gasteiger partial charge in [-0.05, 0) is 41.5 Å². The second kappa shape index (κ2) is 10.4. The summed E-state index contributed by atoms with van der Waals surface area (Å²) in [4.78, 5) is 29.0. The van der Waals surface area contributed by atoms with Crippen LogP contribution in [0.3, 0.4) is 0 Å². The summed E-state index contributed by atoms with van der Waals surface area (Å²) in [5.41, 5.74) is 2.52. The van der Waals surface area contributed by atoms with Gasteiger partial charge in [-0.25, -0.2) is 8.42 Å². The second-order valence-corrected chi connectivity index (χ2v) is 12.1. The van der Waals surface area contributed by atoms with Crippen molar-refractivity contribution in [3.63, 3.8) is 0 Å². The molecule has 2 aromatic heterocycles. The Bertz CT molecular complexity index is 1610. The molecule has 194 valence electrons. The van der Waals surface area contributed by atoms with Crippen molar-refractivity contribution in [1.29, 1.82) is 0 Å². The summed E-state index contributed by atoms with van der Waals surface area (Å²) in [5, 5.41) is 4.59. The van der Waals surface area contributed by atoms with Crippen molar-refractivity contribution in [1.82, 2.24) is 14.6 Å². The van der Waals surface area contributed by atoms with E-state index in [0.29, 0.717) is 41.4 Å². The Morgan fingerprint density at radius 1 is 1.08 bits per heavy atom. The summed E-state index contributed by atoms with van der Waals surface area (Å²) in [6.07, 6.45) is 1.47. The summed E-state index contributed by atoms with van der Waals surface area (Å²) in [7, 11) is -3.34. The molecule has 1 saturated heterocycles. The van der Waals surface area contributed by atoms with E-state index in [-0.39, 0.29) is 29.0 Å². The molecule has 5 rings (SSSR count). The normalized spacial score (nSPS) is 15.0. The smallest absolute Gasteiger partial charge is 0.257 e. The van der Waals surface area contributed by atoms with Gasteiger partial charge in [-0.1, -0.05) is 30.7 Å². The summed E-state index contributed by atoms with van der Waals surface area (Å²) in [6.45, 7) is 5.36. The van der Waals surface area contributed by atoms with Gasteiger partial charge in [-0.15, -0.1) is 0 Å². The Labute approximate surface area is 220 Å². The number of hydrogen-bond donors (Lipinski definition) is 1. The van der Waals surface area contributed by atoms with Crippen LogP contribution in [-0.4, -0.2) is 55.7 Å². The predicted molar refractivity (Wildman–Crippen MR) is 144 cm³/mol. The maximum absolute atomic E-state index is 13.6. The van der Waals surface area contributed by atoms with Gasteiger partial charge in [0.2, 0.25) is 5.43 Å². The van der Waals surface area contributed by atoms with Crippen LogP contribution in [0, 0.1) is 0 Å². The van der Waals surface area contributed by atoms with Crippen LogP contribution in [0.25, 0.3) is 16.3 Å². The fourth-order valence-corrected chi connectivity index (χ4v) is 5.74. The molecule has 4 aromatic rings. The van der Waals surface area contributed by atoms with Gasteiger partial charge in [0.05, 0.1) is 24.5 Å². The highest BCUT2D eigenvalue weighted by Crippen LogP contribution is 2.27. The zero-order valence-electron chi connectivity index (χ0n) is 20.5. The van der Waals surface area contributed by atoms with Crippen LogP contribution in [0.15, 0.2) is 53.5 Å². The van der Waals surface area contributed by atoms with Crippen molar-refractivity contribution < 1.29 is 17.9 Å². The van der Waals surface area contributed by atoms with E-state index in [4.69, 9.17) is 16.3 Å². The third-order valence-corrected chi connectivity index (χ3v) is 8.61. The van der Waals surface area contributed by atoms with Gasteiger partial charge >= 0.3 is 0 Å². The number of nitrogens with zero attached hydrogens (tertiary/aromatic N) is 2. The molecule has 1 aliphatic rings. The Balaban J connectivity index is 1.57. The first-order chi connectivity index (χ1) is 17.7. The summed E-state index contributed by atoms with van der Waals surface area (Å²) >= 11 is 5.94. The first kappa shape index (κ1) is 25.7. The maximum atomic E-state index is 13.6. The molecule has 37 heavy (non-hydrogen) atoms. The zero-order valence-corrected chi connectivity index (χ0v) is 22.1. The molecule has 8 nitrogen and oxygen atoms in total. The molecule has 0 aliphatic carbocycles. The van der Waals surface area contributed by atoms with Crippen molar-refractivity contribution in [2.24, 2.45) is 0 Å². The van der Waals surface area contributed by atoms with Crippen molar-refractivity contribution in [3.05, 3.63) is 86.3 Å². The lowest BCUT2D eigenvalue weighted by Gasteiger charge is -2.26. The molecule has 1 fully saturated rings. The fourth-order valence-electron chi connectivity index (χ4n) is 4.73. The number of ether oxygens (including phenoxy) is 1. The van der Waals surface area contributed by atoms with Crippen LogP contribution in [0.4, 0.5) is 0 Å². The molecule has 3 heterocycles. The summed E-state index contributed by atoms with van der Waals surface area (Å²) < 4.78 is 32.1. The molecule has 1 aliphatic heterocycles. The molecule has 0 bridgehead atoms. The van der Waals surface area contributed by atoms with Crippen LogP contribution in [-0.2, 0) is 33.4 Å². The monoisotopic (exact) mass is 541 g/mol. The molecule has 0 atom stereocenters. The van der Waals surface area contributed by atoms with Gasteiger partial charge in [-0.3, -0.25) is 14.5 Å². The molecule has 1 amide bonds. The van der Waals surface area contributed by atoms with Crippen LogP contribution in [0.5, 0.6) is 0 Å². The number of nitrogens with one attached hydrogen (secondary N) is 1. The topological polar surface area (TPSA) is 97.2 Å². The van der Waals surface area contributed by atoms with Gasteiger partial charge in [0.15, 0.2) is 9.84 Å². The van der Waals surface area contributed by atoms with Crippen molar-refractivity contribution in [2.75, 3.05) is 32.1 Å². The maximum Gasteiger partial charge on any atom is 0.257 e. The van der Waals surface area contributed by atoms with Crippen LogP contribution in [0.2, 0.25) is 5.02 Å². The molecule has 0 unspecified atom stereocenters. The minimum Gasteiger partial charge on any atom is -0.379 e. The number of rotatable bonds is 8. The van der Waals surface area contributed by atoms with Gasteiger partial charge in [0.1, 0.15) is 5.56 Å².